The minimum atomic E-state index is -1.20. The first kappa shape index (κ1) is 88.1. The molecule has 0 amide bonds. The molecule has 614 valence electrons. The predicted octanol–water partition coefficient (Wildman–Crippen LogP) is 9.02. The fraction of sp³-hybridized carbons (Fsp3) is 0.407. The molecule has 3 aliphatic carbocycles. The average Bonchev–Trinajstić information content (AvgIpc) is 1.73. The molecule has 9 aromatic heterocycles. The number of ether oxygens (including phenoxy) is 8. The van der Waals surface area contributed by atoms with Crippen LogP contribution in [0.5, 0.6) is 0 Å². The summed E-state index contributed by atoms with van der Waals surface area (Å²) in [5.41, 5.74) is 29.2. The van der Waals surface area contributed by atoms with E-state index in [1.54, 1.807) is 84.7 Å². The van der Waals surface area contributed by atoms with E-state index in [9.17, 15) is 24.6 Å². The van der Waals surface area contributed by atoms with Crippen LogP contribution in [-0.4, -0.2) is 224 Å². The van der Waals surface area contributed by atoms with Crippen molar-refractivity contribution < 1.29 is 86.8 Å². The number of methoxy groups -OCH3 is 4. The van der Waals surface area contributed by atoms with Gasteiger partial charge < -0.3 is 70.8 Å². The number of hydrogen-bond acceptors (Lipinski definition) is 27. The zero-order chi connectivity index (χ0) is 80.8. The van der Waals surface area contributed by atoms with Crippen molar-refractivity contribution in [3.63, 3.8) is 0 Å². The molecule has 9 N–H and O–H groups in total. The summed E-state index contributed by atoms with van der Waals surface area (Å²) in [7, 11) is 6.32. The zero-order valence-corrected chi connectivity index (χ0v) is 69.2. The number of carboxylic acid groups (broad SMARTS) is 2. The quantitative estimate of drug-likeness (QED) is 0.0121. The topological polar surface area (TPSA) is 418 Å². The molecule has 12 aromatic rings. The maximum atomic E-state index is 13.2. The van der Waals surface area contributed by atoms with Gasteiger partial charge in [-0.25, -0.2) is 43.4 Å². The van der Waals surface area contributed by atoms with Gasteiger partial charge in [-0.3, -0.25) is 0 Å². The predicted molar refractivity (Wildman–Crippen MR) is 441 cm³/mol. The Morgan fingerprint density at radius 1 is 0.410 bits per heavy atom. The Hall–Kier alpha value is -9.71. The number of carbonyl (C=O) groups is 3. The van der Waals surface area contributed by atoms with Crippen molar-refractivity contribution in [2.24, 2.45) is 0 Å². The van der Waals surface area contributed by atoms with E-state index in [0.717, 1.165) is 82.2 Å². The molecule has 36 heteroatoms. The van der Waals surface area contributed by atoms with Crippen LogP contribution in [0.15, 0.2) is 161 Å². The number of carboxylic acids is 2. The first-order chi connectivity index (χ1) is 55.9. The maximum Gasteiger partial charge on any atom is 1.00 e. The van der Waals surface area contributed by atoms with Gasteiger partial charge in [0.05, 0.1) is 132 Å². The summed E-state index contributed by atoms with van der Waals surface area (Å²) in [6, 6.07) is 29.7. The van der Waals surface area contributed by atoms with E-state index in [0.29, 0.717) is 144 Å². The number of para-hydroxylation sites is 3. The molecule has 3 aliphatic rings. The first-order valence-electron chi connectivity index (χ1n) is 37.9. The van der Waals surface area contributed by atoms with Crippen LogP contribution in [0, 0.1) is 0 Å². The largest absolute Gasteiger partial charge is 1.00 e. The summed E-state index contributed by atoms with van der Waals surface area (Å²) in [6.45, 7) is 2.43. The van der Waals surface area contributed by atoms with E-state index < -0.39 is 28.7 Å². The molecule has 0 saturated heterocycles. The van der Waals surface area contributed by atoms with Crippen LogP contribution in [0.2, 0.25) is 0 Å². The van der Waals surface area contributed by atoms with Crippen molar-refractivity contribution in [2.45, 2.75) is 126 Å². The Balaban J connectivity index is 0.000000171. The SMILES string of the molecule is COCCOC(=O)C1(OCCOC)CCC(c2nc3c(-c4cnn(-c5ccccc5)c4)cnn3c(N)c2SC)CC1.COCCOC1(C(=O)O)CCC(c2nc3c(-c4cnn(-c5ccccc5)c4)cnn3c(N)c2SC)CC1.COCCOC1(C(=O)O)CCC(c2nc3c(-c4cnn(-c5ccccc5)c4)cnn3c(N)c2SC)CC1.[Li+].[OH-]. The molecular formula is C81H97LiN18O14S3. The van der Waals surface area contributed by atoms with E-state index in [2.05, 4.69) is 30.6 Å². The summed E-state index contributed by atoms with van der Waals surface area (Å²) in [6.07, 6.45) is 29.0. The Bertz CT molecular complexity index is 5080. The summed E-state index contributed by atoms with van der Waals surface area (Å²) >= 11 is 4.62. The van der Waals surface area contributed by atoms with E-state index >= 15 is 0 Å². The number of aromatic nitrogens is 15. The number of nitrogens with two attached hydrogens (primary N) is 3. The summed E-state index contributed by atoms with van der Waals surface area (Å²) in [5, 5.41) is 47.1. The molecule has 0 atom stereocenters. The van der Waals surface area contributed by atoms with Crippen molar-refractivity contribution >= 4 is 87.6 Å². The molecule has 117 heavy (non-hydrogen) atoms. The summed E-state index contributed by atoms with van der Waals surface area (Å²) in [5.74, 6) is -0.401. The average molecular weight is 1650 g/mol. The monoisotopic (exact) mass is 1650 g/mol. The first-order valence-corrected chi connectivity index (χ1v) is 41.6. The van der Waals surface area contributed by atoms with Crippen molar-refractivity contribution in [2.75, 3.05) is 117 Å². The zero-order valence-electron chi connectivity index (χ0n) is 66.7. The number of fused-ring (bicyclic) bond motifs is 3. The number of carbonyl (C=O) groups excluding carboxylic acids is 1. The van der Waals surface area contributed by atoms with Gasteiger partial charge in [0.15, 0.2) is 33.7 Å². The number of thioether (sulfide) groups is 3. The summed E-state index contributed by atoms with van der Waals surface area (Å²) in [4.78, 5) is 55.3. The Morgan fingerprint density at radius 2 is 0.684 bits per heavy atom. The van der Waals surface area contributed by atoms with Crippen molar-refractivity contribution in [3.05, 3.63) is 164 Å². The van der Waals surface area contributed by atoms with Gasteiger partial charge in [0.25, 0.3) is 0 Å². The van der Waals surface area contributed by atoms with Gasteiger partial charge in [0.1, 0.15) is 24.1 Å². The fourth-order valence-corrected chi connectivity index (χ4v) is 17.5. The second-order valence-electron chi connectivity index (χ2n) is 28.2. The van der Waals surface area contributed by atoms with E-state index in [-0.39, 0.29) is 67.9 Å². The molecule has 9 heterocycles. The van der Waals surface area contributed by atoms with Crippen molar-refractivity contribution in [3.8, 4) is 50.4 Å². The second kappa shape index (κ2) is 40.2. The summed E-state index contributed by atoms with van der Waals surface area (Å²) < 4.78 is 54.0. The third-order valence-corrected chi connectivity index (χ3v) is 24.0. The van der Waals surface area contributed by atoms with E-state index in [1.807, 2.05) is 149 Å². The number of anilines is 3. The molecule has 0 bridgehead atoms. The van der Waals surface area contributed by atoms with E-state index in [4.69, 9.17) is 70.0 Å². The molecule has 0 unspecified atom stereocenters. The Morgan fingerprint density at radius 3 is 0.957 bits per heavy atom. The molecule has 0 radical (unpaired) electrons. The third kappa shape index (κ3) is 18.9. The molecule has 0 aliphatic heterocycles. The minimum absolute atomic E-state index is 0. The number of hydrogen-bond donors (Lipinski definition) is 5. The maximum absolute atomic E-state index is 13.2. The number of rotatable bonds is 30. The van der Waals surface area contributed by atoms with Crippen molar-refractivity contribution in [1.29, 1.82) is 0 Å². The number of aliphatic carboxylic acids is 2. The standard InChI is InChI=1S/C29H36N6O5S.2C26H30N6O4S.Li.H2O/c1-37-13-15-39-28(36)29(40-16-14-38-2)11-9-20(10-12-29)24-25(41-3)26(30)35-27(33-24)23(18-32-35)21-17-31-34(19-21)22-7-5-4-6-8-22;2*1-35-12-13-36-26(25(33)34)10-8-17(9-11-26)21-22(37-2)23(27)32-24(30-21)20(15-29-32)18-14-28-31(16-18)19-6-4-3-5-7-19;;/h4-8,17-20H,9-16,30H2,1-3H3;2*3-7,14-17H,8-13,27H2,1-2H3,(H,33,34);;1H2/q;;;+1;/p-1. The van der Waals surface area contributed by atoms with Crippen LogP contribution in [0.25, 0.3) is 67.4 Å². The van der Waals surface area contributed by atoms with Crippen LogP contribution < -0.4 is 36.1 Å². The normalized spacial score (nSPS) is 19.3. The van der Waals surface area contributed by atoms with Gasteiger partial charge in [-0.1, -0.05) is 54.6 Å². The Labute approximate surface area is 701 Å². The van der Waals surface area contributed by atoms with E-state index in [1.165, 1.54) is 23.5 Å². The number of esters is 1. The van der Waals surface area contributed by atoms with Gasteiger partial charge in [0.2, 0.25) is 0 Å². The van der Waals surface area contributed by atoms with Crippen LogP contribution in [-0.2, 0) is 52.3 Å². The van der Waals surface area contributed by atoms with Crippen LogP contribution in [0.3, 0.4) is 0 Å². The van der Waals surface area contributed by atoms with Crippen LogP contribution in [0.4, 0.5) is 17.5 Å². The van der Waals surface area contributed by atoms with Crippen molar-refractivity contribution in [1.82, 2.24) is 73.1 Å². The van der Waals surface area contributed by atoms with Gasteiger partial charge in [-0.15, -0.1) is 35.3 Å². The molecule has 3 fully saturated rings. The molecule has 3 saturated carbocycles. The number of nitrogens with zero attached hydrogens (tertiary/aromatic N) is 15. The Kier molecular flexibility index (Phi) is 30.2. The second-order valence-corrected chi connectivity index (χ2v) is 30.7. The van der Waals surface area contributed by atoms with Crippen LogP contribution >= 0.6 is 35.3 Å². The van der Waals surface area contributed by atoms with Gasteiger partial charge in [-0.05, 0) is 132 Å². The van der Waals surface area contributed by atoms with Crippen LogP contribution in [0.1, 0.15) is 112 Å². The third-order valence-electron chi connectivity index (χ3n) is 21.6. The molecule has 15 rings (SSSR count). The van der Waals surface area contributed by atoms with Gasteiger partial charge in [-0.2, -0.15) is 44.1 Å². The number of benzene rings is 3. The minimum Gasteiger partial charge on any atom is -0.870 e. The molecule has 0 spiro atoms. The smallest absolute Gasteiger partial charge is 0.870 e. The number of nitrogen functional groups attached to an aromatic ring is 3. The fourth-order valence-electron chi connectivity index (χ4n) is 15.3. The van der Waals surface area contributed by atoms with Gasteiger partial charge in [0, 0.05) is 98.2 Å². The molecular weight excluding hydrogens is 1550 g/mol. The molecule has 3 aromatic carbocycles. The molecule has 32 nitrogen and oxygen atoms in total. The van der Waals surface area contributed by atoms with Gasteiger partial charge >= 0.3 is 36.8 Å².